The van der Waals surface area contributed by atoms with E-state index in [1.807, 2.05) is 20.8 Å². The lowest BCUT2D eigenvalue weighted by molar-refractivity contribution is -0.193. The van der Waals surface area contributed by atoms with E-state index in [1.165, 1.54) is 19.3 Å². The number of carbonyl (C=O) groups is 1. The molecule has 3 rings (SSSR count). The lowest BCUT2D eigenvalue weighted by Crippen LogP contribution is -2.38. The number of rotatable bonds is 2. The molecule has 1 unspecified atom stereocenters. The molecular formula is C18H28O4. The first-order valence-electron chi connectivity index (χ1n) is 8.60. The SMILES string of the molecule is CC(C)(C)OC(=O)C1CC=C[C@H]1[C@H]1COC2(CCCCC2)O1. The van der Waals surface area contributed by atoms with Crippen LogP contribution in [0.3, 0.4) is 0 Å². The number of allylic oxidation sites excluding steroid dienone is 1. The summed E-state index contributed by atoms with van der Waals surface area (Å²) in [5, 5.41) is 0. The highest BCUT2D eigenvalue weighted by Crippen LogP contribution is 2.42. The monoisotopic (exact) mass is 308 g/mol. The van der Waals surface area contributed by atoms with Crippen molar-refractivity contribution >= 4 is 5.97 Å². The van der Waals surface area contributed by atoms with Crippen LogP contribution in [-0.4, -0.2) is 30.1 Å². The van der Waals surface area contributed by atoms with Crippen molar-refractivity contribution in [2.45, 2.75) is 76.8 Å². The van der Waals surface area contributed by atoms with Crippen LogP contribution in [0.15, 0.2) is 12.2 Å². The van der Waals surface area contributed by atoms with Crippen LogP contribution in [0.5, 0.6) is 0 Å². The van der Waals surface area contributed by atoms with E-state index in [4.69, 9.17) is 14.2 Å². The molecule has 124 valence electrons. The first-order chi connectivity index (χ1) is 10.4. The van der Waals surface area contributed by atoms with Crippen LogP contribution < -0.4 is 0 Å². The molecule has 0 aromatic carbocycles. The first-order valence-corrected chi connectivity index (χ1v) is 8.60. The molecule has 1 heterocycles. The highest BCUT2D eigenvalue weighted by Gasteiger charge is 2.48. The Labute approximate surface area is 133 Å². The molecule has 0 aromatic heterocycles. The number of ether oxygens (including phenoxy) is 3. The normalized spacial score (nSPS) is 34.2. The van der Waals surface area contributed by atoms with Gasteiger partial charge in [-0.25, -0.2) is 0 Å². The fourth-order valence-electron chi connectivity index (χ4n) is 3.81. The minimum absolute atomic E-state index is 0.0191. The standard InChI is InChI=1S/C18H28O4/c1-17(2,3)22-16(19)14-9-7-8-13(14)15-12-20-18(21-15)10-5-4-6-11-18/h7-8,13-15H,4-6,9-12H2,1-3H3/t13-,14?,15-/m1/s1. The molecule has 1 saturated carbocycles. The Hall–Kier alpha value is -0.870. The molecule has 3 aliphatic rings. The Kier molecular flexibility index (Phi) is 4.34. The summed E-state index contributed by atoms with van der Waals surface area (Å²) in [6.07, 6.45) is 10.5. The van der Waals surface area contributed by atoms with Gasteiger partial charge in [-0.15, -0.1) is 0 Å². The zero-order valence-electron chi connectivity index (χ0n) is 14.0. The van der Waals surface area contributed by atoms with Crippen LogP contribution in [0, 0.1) is 11.8 Å². The van der Waals surface area contributed by atoms with E-state index in [2.05, 4.69) is 12.2 Å². The zero-order chi connectivity index (χ0) is 15.8. The van der Waals surface area contributed by atoms with Crippen LogP contribution >= 0.6 is 0 Å². The van der Waals surface area contributed by atoms with Crippen LogP contribution in [0.25, 0.3) is 0 Å². The molecule has 22 heavy (non-hydrogen) atoms. The fraction of sp³-hybridized carbons (Fsp3) is 0.833. The Bertz CT molecular complexity index is 442. The summed E-state index contributed by atoms with van der Waals surface area (Å²) in [6, 6.07) is 0. The molecule has 1 saturated heterocycles. The van der Waals surface area contributed by atoms with Gasteiger partial charge in [-0.1, -0.05) is 18.6 Å². The van der Waals surface area contributed by atoms with E-state index < -0.39 is 5.60 Å². The number of carbonyl (C=O) groups excluding carboxylic acids is 1. The number of hydrogen-bond acceptors (Lipinski definition) is 4. The van der Waals surface area contributed by atoms with Gasteiger partial charge < -0.3 is 14.2 Å². The predicted molar refractivity (Wildman–Crippen MR) is 83.2 cm³/mol. The Morgan fingerprint density at radius 2 is 1.95 bits per heavy atom. The van der Waals surface area contributed by atoms with E-state index in [0.29, 0.717) is 6.61 Å². The lowest BCUT2D eigenvalue weighted by Gasteiger charge is -2.33. The molecule has 1 aliphatic heterocycles. The van der Waals surface area contributed by atoms with E-state index >= 15 is 0 Å². The smallest absolute Gasteiger partial charge is 0.310 e. The van der Waals surface area contributed by atoms with Gasteiger partial charge in [-0.3, -0.25) is 4.79 Å². The summed E-state index contributed by atoms with van der Waals surface area (Å²) in [4.78, 5) is 12.4. The van der Waals surface area contributed by atoms with Crippen molar-refractivity contribution in [2.24, 2.45) is 11.8 Å². The van der Waals surface area contributed by atoms with Gasteiger partial charge in [0, 0.05) is 18.8 Å². The summed E-state index contributed by atoms with van der Waals surface area (Å²) in [7, 11) is 0. The van der Waals surface area contributed by atoms with Crippen molar-refractivity contribution < 1.29 is 19.0 Å². The second kappa shape index (κ2) is 5.97. The van der Waals surface area contributed by atoms with Gasteiger partial charge in [0.2, 0.25) is 0 Å². The van der Waals surface area contributed by atoms with Crippen molar-refractivity contribution in [3.63, 3.8) is 0 Å². The van der Waals surface area contributed by atoms with E-state index in [1.54, 1.807) is 0 Å². The average Bonchev–Trinajstić information content (AvgIpc) is 3.05. The highest BCUT2D eigenvalue weighted by atomic mass is 16.7. The molecule has 0 bridgehead atoms. The summed E-state index contributed by atoms with van der Waals surface area (Å²) < 4.78 is 17.9. The Morgan fingerprint density at radius 1 is 1.23 bits per heavy atom. The van der Waals surface area contributed by atoms with E-state index in [9.17, 15) is 4.79 Å². The van der Waals surface area contributed by atoms with Crippen LogP contribution in [0.2, 0.25) is 0 Å². The molecule has 0 amide bonds. The largest absolute Gasteiger partial charge is 0.460 e. The molecule has 4 heteroatoms. The predicted octanol–water partition coefficient (Wildman–Crippen LogP) is 3.60. The van der Waals surface area contributed by atoms with Crippen LogP contribution in [0.1, 0.15) is 59.3 Å². The maximum atomic E-state index is 12.4. The van der Waals surface area contributed by atoms with Gasteiger partial charge in [-0.05, 0) is 40.0 Å². The Balaban J connectivity index is 1.64. The second-order valence-corrected chi connectivity index (χ2v) is 7.82. The maximum absolute atomic E-state index is 12.4. The van der Waals surface area contributed by atoms with E-state index in [-0.39, 0.29) is 29.7 Å². The molecule has 1 spiro atoms. The topological polar surface area (TPSA) is 44.8 Å². The highest BCUT2D eigenvalue weighted by molar-refractivity contribution is 5.74. The van der Waals surface area contributed by atoms with Crippen LogP contribution in [-0.2, 0) is 19.0 Å². The fourth-order valence-corrected chi connectivity index (χ4v) is 3.81. The summed E-state index contributed by atoms with van der Waals surface area (Å²) in [6.45, 7) is 6.33. The van der Waals surface area contributed by atoms with Gasteiger partial charge >= 0.3 is 5.97 Å². The molecule has 0 radical (unpaired) electrons. The third-order valence-corrected chi connectivity index (χ3v) is 4.84. The second-order valence-electron chi connectivity index (χ2n) is 7.82. The minimum Gasteiger partial charge on any atom is -0.460 e. The summed E-state index contributed by atoms with van der Waals surface area (Å²) in [5.74, 6) is -0.545. The molecule has 4 nitrogen and oxygen atoms in total. The molecule has 0 aromatic rings. The zero-order valence-corrected chi connectivity index (χ0v) is 14.0. The average molecular weight is 308 g/mol. The van der Waals surface area contributed by atoms with Crippen molar-refractivity contribution in [1.29, 1.82) is 0 Å². The van der Waals surface area contributed by atoms with Gasteiger partial charge in [0.25, 0.3) is 0 Å². The molecule has 2 fully saturated rings. The van der Waals surface area contributed by atoms with Gasteiger partial charge in [0.1, 0.15) is 5.60 Å². The first kappa shape index (κ1) is 16.0. The summed E-state index contributed by atoms with van der Waals surface area (Å²) in [5.41, 5.74) is -0.443. The van der Waals surface area contributed by atoms with Gasteiger partial charge in [-0.2, -0.15) is 0 Å². The number of esters is 1. The Morgan fingerprint density at radius 3 is 2.64 bits per heavy atom. The minimum atomic E-state index is -0.443. The summed E-state index contributed by atoms with van der Waals surface area (Å²) >= 11 is 0. The molecule has 3 atom stereocenters. The third-order valence-electron chi connectivity index (χ3n) is 4.84. The molecule has 2 aliphatic carbocycles. The van der Waals surface area contributed by atoms with Crippen molar-refractivity contribution in [2.75, 3.05) is 6.61 Å². The molecular weight excluding hydrogens is 280 g/mol. The van der Waals surface area contributed by atoms with Crippen molar-refractivity contribution in [3.8, 4) is 0 Å². The van der Waals surface area contributed by atoms with Crippen LogP contribution in [0.4, 0.5) is 0 Å². The molecule has 0 N–H and O–H groups in total. The van der Waals surface area contributed by atoms with Crippen molar-refractivity contribution in [3.05, 3.63) is 12.2 Å². The number of hydrogen-bond donors (Lipinski definition) is 0. The lowest BCUT2D eigenvalue weighted by atomic mass is 9.90. The van der Waals surface area contributed by atoms with Crippen molar-refractivity contribution in [1.82, 2.24) is 0 Å². The maximum Gasteiger partial charge on any atom is 0.310 e. The van der Waals surface area contributed by atoms with Gasteiger partial charge in [0.05, 0.1) is 18.6 Å². The quantitative estimate of drug-likeness (QED) is 0.577. The van der Waals surface area contributed by atoms with E-state index in [0.717, 1.165) is 19.3 Å². The van der Waals surface area contributed by atoms with Gasteiger partial charge in [0.15, 0.2) is 5.79 Å². The third kappa shape index (κ3) is 3.38.